The van der Waals surface area contributed by atoms with Gasteiger partial charge in [0.2, 0.25) is 0 Å². The maximum absolute atomic E-state index is 11.2. The minimum atomic E-state index is -0.00706. The van der Waals surface area contributed by atoms with E-state index < -0.39 is 0 Å². The molecule has 1 fully saturated rings. The molecule has 0 aromatic heterocycles. The van der Waals surface area contributed by atoms with Crippen LogP contribution in [-0.4, -0.2) is 44.2 Å². The molecule has 2 N–H and O–H groups in total. The third-order valence-electron chi connectivity index (χ3n) is 2.47. The Morgan fingerprint density at radius 2 is 2.38 bits per heavy atom. The van der Waals surface area contributed by atoms with Gasteiger partial charge in [-0.15, -0.1) is 0 Å². The molecule has 76 valence electrons. The molecule has 13 heavy (non-hydrogen) atoms. The lowest BCUT2D eigenvalue weighted by Crippen LogP contribution is -2.46. The van der Waals surface area contributed by atoms with Gasteiger partial charge < -0.3 is 15.5 Å². The first-order valence-corrected chi connectivity index (χ1v) is 4.90. The molecular weight excluding hydrogens is 166 g/mol. The Kier molecular flexibility index (Phi) is 4.02. The Bertz CT molecular complexity index is 166. The molecule has 1 rings (SSSR count). The van der Waals surface area contributed by atoms with E-state index in [1.165, 1.54) is 19.3 Å². The van der Waals surface area contributed by atoms with Crippen LogP contribution in [0.4, 0.5) is 4.79 Å². The molecule has 1 saturated heterocycles. The van der Waals surface area contributed by atoms with E-state index in [-0.39, 0.29) is 6.03 Å². The van der Waals surface area contributed by atoms with Crippen LogP contribution in [0.5, 0.6) is 0 Å². The summed E-state index contributed by atoms with van der Waals surface area (Å²) < 4.78 is 0. The van der Waals surface area contributed by atoms with E-state index in [1.54, 1.807) is 11.9 Å². The van der Waals surface area contributed by atoms with Crippen molar-refractivity contribution in [3.63, 3.8) is 0 Å². The van der Waals surface area contributed by atoms with Crippen molar-refractivity contribution in [3.05, 3.63) is 0 Å². The summed E-state index contributed by atoms with van der Waals surface area (Å²) in [6.07, 6.45) is 3.72. The summed E-state index contributed by atoms with van der Waals surface area (Å²) in [5, 5.41) is 6.02. The van der Waals surface area contributed by atoms with E-state index in [0.29, 0.717) is 6.04 Å². The van der Waals surface area contributed by atoms with Crippen molar-refractivity contribution in [3.8, 4) is 0 Å². The monoisotopic (exact) mass is 185 g/mol. The van der Waals surface area contributed by atoms with E-state index in [4.69, 9.17) is 0 Å². The van der Waals surface area contributed by atoms with Gasteiger partial charge >= 0.3 is 6.03 Å². The summed E-state index contributed by atoms with van der Waals surface area (Å²) >= 11 is 0. The first-order valence-electron chi connectivity index (χ1n) is 4.90. The largest absolute Gasteiger partial charge is 0.341 e. The average Bonchev–Trinajstić information content (AvgIpc) is 2.18. The van der Waals surface area contributed by atoms with Gasteiger partial charge in [0.05, 0.1) is 0 Å². The van der Waals surface area contributed by atoms with Crippen LogP contribution in [0.1, 0.15) is 19.3 Å². The molecule has 1 aliphatic heterocycles. The molecule has 0 aromatic rings. The van der Waals surface area contributed by atoms with Crippen LogP contribution >= 0.6 is 0 Å². The van der Waals surface area contributed by atoms with Crippen molar-refractivity contribution in [2.24, 2.45) is 0 Å². The van der Waals surface area contributed by atoms with Crippen molar-refractivity contribution in [1.82, 2.24) is 15.5 Å². The van der Waals surface area contributed by atoms with Gasteiger partial charge in [0, 0.05) is 26.7 Å². The Morgan fingerprint density at radius 1 is 1.62 bits per heavy atom. The minimum absolute atomic E-state index is 0.00706. The van der Waals surface area contributed by atoms with Crippen molar-refractivity contribution in [1.29, 1.82) is 0 Å². The van der Waals surface area contributed by atoms with Gasteiger partial charge in [0.15, 0.2) is 0 Å². The molecule has 4 nitrogen and oxygen atoms in total. The number of hydrogen-bond acceptors (Lipinski definition) is 2. The first kappa shape index (κ1) is 10.3. The fourth-order valence-corrected chi connectivity index (χ4v) is 1.68. The maximum Gasteiger partial charge on any atom is 0.316 e. The molecule has 0 aliphatic carbocycles. The predicted molar refractivity (Wildman–Crippen MR) is 52.7 cm³/mol. The number of carbonyl (C=O) groups excluding carboxylic acids is 1. The lowest BCUT2D eigenvalue weighted by molar-refractivity contribution is 0.201. The van der Waals surface area contributed by atoms with Gasteiger partial charge in [0.1, 0.15) is 0 Å². The SMILES string of the molecule is CNC(=O)N(C)CC1CCCCN1. The zero-order valence-corrected chi connectivity index (χ0v) is 8.47. The highest BCUT2D eigenvalue weighted by atomic mass is 16.2. The van der Waals surface area contributed by atoms with Gasteiger partial charge in [-0.1, -0.05) is 6.42 Å². The van der Waals surface area contributed by atoms with Gasteiger partial charge in [0.25, 0.3) is 0 Å². The van der Waals surface area contributed by atoms with Gasteiger partial charge in [-0.3, -0.25) is 0 Å². The van der Waals surface area contributed by atoms with Crippen LogP contribution in [0, 0.1) is 0 Å². The van der Waals surface area contributed by atoms with Crippen LogP contribution in [-0.2, 0) is 0 Å². The Labute approximate surface area is 79.7 Å². The van der Waals surface area contributed by atoms with Gasteiger partial charge in [-0.05, 0) is 19.4 Å². The molecule has 0 radical (unpaired) electrons. The number of hydrogen-bond donors (Lipinski definition) is 2. The second-order valence-electron chi connectivity index (χ2n) is 3.58. The van der Waals surface area contributed by atoms with E-state index >= 15 is 0 Å². The molecule has 1 aliphatic rings. The highest BCUT2D eigenvalue weighted by Gasteiger charge is 2.16. The molecule has 0 bridgehead atoms. The molecule has 4 heteroatoms. The summed E-state index contributed by atoms with van der Waals surface area (Å²) in [6.45, 7) is 1.89. The average molecular weight is 185 g/mol. The number of nitrogens with zero attached hydrogens (tertiary/aromatic N) is 1. The minimum Gasteiger partial charge on any atom is -0.341 e. The zero-order chi connectivity index (χ0) is 9.68. The fourth-order valence-electron chi connectivity index (χ4n) is 1.68. The predicted octanol–water partition coefficient (Wildman–Crippen LogP) is 0.400. The van der Waals surface area contributed by atoms with E-state index in [9.17, 15) is 4.79 Å². The first-order chi connectivity index (χ1) is 6.24. The van der Waals surface area contributed by atoms with Crippen molar-refractivity contribution in [2.75, 3.05) is 27.2 Å². The number of nitrogens with one attached hydrogen (secondary N) is 2. The van der Waals surface area contributed by atoms with Crippen LogP contribution in [0.15, 0.2) is 0 Å². The number of amides is 2. The molecular formula is C9H19N3O. The Morgan fingerprint density at radius 3 is 2.92 bits per heavy atom. The van der Waals surface area contributed by atoms with Gasteiger partial charge in [-0.25, -0.2) is 4.79 Å². The number of likely N-dealkylation sites (N-methyl/N-ethyl adjacent to an activating group) is 1. The molecule has 0 aromatic carbocycles. The smallest absolute Gasteiger partial charge is 0.316 e. The number of rotatable bonds is 2. The summed E-state index contributed by atoms with van der Waals surface area (Å²) in [4.78, 5) is 12.9. The Balaban J connectivity index is 2.25. The normalized spacial score (nSPS) is 22.5. The van der Waals surface area contributed by atoms with Crippen molar-refractivity contribution in [2.45, 2.75) is 25.3 Å². The molecule has 0 spiro atoms. The Hall–Kier alpha value is -0.770. The van der Waals surface area contributed by atoms with Crippen LogP contribution in [0.3, 0.4) is 0 Å². The maximum atomic E-state index is 11.2. The summed E-state index contributed by atoms with van der Waals surface area (Å²) in [6, 6.07) is 0.475. The highest BCUT2D eigenvalue weighted by molar-refractivity contribution is 5.73. The molecule has 2 amide bonds. The number of carbonyl (C=O) groups is 1. The summed E-state index contributed by atoms with van der Waals surface area (Å²) in [5.41, 5.74) is 0. The topological polar surface area (TPSA) is 44.4 Å². The van der Waals surface area contributed by atoms with Crippen molar-refractivity contribution < 1.29 is 4.79 Å². The molecule has 1 unspecified atom stereocenters. The van der Waals surface area contributed by atoms with Crippen LogP contribution < -0.4 is 10.6 Å². The third kappa shape index (κ3) is 3.22. The number of piperidine rings is 1. The standard InChI is InChI=1S/C9H19N3O/c1-10-9(13)12(2)7-8-5-3-4-6-11-8/h8,11H,3-7H2,1-2H3,(H,10,13). The molecule has 1 heterocycles. The third-order valence-corrected chi connectivity index (χ3v) is 2.47. The van der Waals surface area contributed by atoms with Crippen LogP contribution in [0.25, 0.3) is 0 Å². The fraction of sp³-hybridized carbons (Fsp3) is 0.889. The summed E-state index contributed by atoms with van der Waals surface area (Å²) in [5.74, 6) is 0. The summed E-state index contributed by atoms with van der Waals surface area (Å²) in [7, 11) is 3.49. The quantitative estimate of drug-likeness (QED) is 0.654. The second kappa shape index (κ2) is 5.07. The number of urea groups is 1. The molecule has 1 atom stereocenters. The lowest BCUT2D eigenvalue weighted by atomic mass is 10.1. The van der Waals surface area contributed by atoms with E-state index in [1.807, 2.05) is 7.05 Å². The van der Waals surface area contributed by atoms with E-state index in [0.717, 1.165) is 13.1 Å². The van der Waals surface area contributed by atoms with Crippen LogP contribution in [0.2, 0.25) is 0 Å². The van der Waals surface area contributed by atoms with E-state index in [2.05, 4.69) is 10.6 Å². The van der Waals surface area contributed by atoms with Gasteiger partial charge in [-0.2, -0.15) is 0 Å². The second-order valence-corrected chi connectivity index (χ2v) is 3.58. The highest BCUT2D eigenvalue weighted by Crippen LogP contribution is 2.07. The van der Waals surface area contributed by atoms with Crippen molar-refractivity contribution >= 4 is 6.03 Å². The molecule has 0 saturated carbocycles. The lowest BCUT2D eigenvalue weighted by Gasteiger charge is -2.27. The zero-order valence-electron chi connectivity index (χ0n) is 8.47.